The normalized spacial score (nSPS) is 23.9. The first-order valence-corrected chi connectivity index (χ1v) is 12.6. The number of nitrogens with one attached hydrogen (secondary N) is 1. The van der Waals surface area contributed by atoms with Gasteiger partial charge in [-0.2, -0.15) is 0 Å². The van der Waals surface area contributed by atoms with Crippen LogP contribution >= 0.6 is 0 Å². The smallest absolute Gasteiger partial charge is 0.410 e. The average molecular weight is 497 g/mol. The number of anilines is 1. The maximum atomic E-state index is 13.4. The van der Waals surface area contributed by atoms with E-state index in [0.717, 1.165) is 24.2 Å². The summed E-state index contributed by atoms with van der Waals surface area (Å²) in [4.78, 5) is 68.0. The van der Waals surface area contributed by atoms with Crippen molar-refractivity contribution in [1.82, 2.24) is 15.1 Å². The van der Waals surface area contributed by atoms with Crippen LogP contribution in [0.25, 0.3) is 0 Å². The summed E-state index contributed by atoms with van der Waals surface area (Å²) in [6, 6.07) is 4.24. The molecule has 1 unspecified atom stereocenters. The van der Waals surface area contributed by atoms with Crippen molar-refractivity contribution in [3.8, 4) is 0 Å². The first-order valence-electron chi connectivity index (χ1n) is 12.6. The molecule has 3 fully saturated rings. The second-order valence-electron chi connectivity index (χ2n) is 11.3. The molecule has 192 valence electrons. The Balaban J connectivity index is 1.30. The standard InChI is InChI=1S/C26H32N4O6/c1-25(2,3)36-24(35)29-14-11-26(15-29)9-12-28(13-10-26)17-6-4-5-16-20(17)23(34)30(22(16)33)18-7-8-19(31)27-21(18)32/h4-6,18H,7-15H2,1-3H3,(H,27,31,32). The molecule has 1 aromatic carbocycles. The molecule has 36 heavy (non-hydrogen) atoms. The minimum atomic E-state index is -0.982. The lowest BCUT2D eigenvalue weighted by atomic mass is 9.77. The van der Waals surface area contributed by atoms with E-state index in [0.29, 0.717) is 43.0 Å². The van der Waals surface area contributed by atoms with Gasteiger partial charge in [-0.3, -0.25) is 29.4 Å². The first kappa shape index (κ1) is 24.3. The molecule has 10 nitrogen and oxygen atoms in total. The van der Waals surface area contributed by atoms with Gasteiger partial charge in [-0.1, -0.05) is 6.07 Å². The Kier molecular flexibility index (Phi) is 5.80. The maximum absolute atomic E-state index is 13.4. The molecule has 5 rings (SSSR count). The second-order valence-corrected chi connectivity index (χ2v) is 11.3. The monoisotopic (exact) mass is 496 g/mol. The third-order valence-electron chi connectivity index (χ3n) is 7.70. The van der Waals surface area contributed by atoms with Crippen LogP contribution in [0.5, 0.6) is 0 Å². The van der Waals surface area contributed by atoms with Crippen molar-refractivity contribution in [2.75, 3.05) is 31.1 Å². The molecule has 1 atom stereocenters. The van der Waals surface area contributed by atoms with E-state index >= 15 is 0 Å². The van der Waals surface area contributed by atoms with E-state index in [1.807, 2.05) is 26.8 Å². The highest BCUT2D eigenvalue weighted by atomic mass is 16.6. The number of hydrogen-bond donors (Lipinski definition) is 1. The first-order chi connectivity index (χ1) is 17.0. The Hall–Kier alpha value is -3.43. The van der Waals surface area contributed by atoms with Gasteiger partial charge in [0.2, 0.25) is 11.8 Å². The van der Waals surface area contributed by atoms with Crippen molar-refractivity contribution in [3.63, 3.8) is 0 Å². The fraction of sp³-hybridized carbons (Fsp3) is 0.577. The topological polar surface area (TPSA) is 116 Å². The molecule has 1 spiro atoms. The Morgan fingerprint density at radius 2 is 1.72 bits per heavy atom. The number of nitrogens with zero attached hydrogens (tertiary/aromatic N) is 3. The fourth-order valence-corrected chi connectivity index (χ4v) is 5.81. The quantitative estimate of drug-likeness (QED) is 0.625. The van der Waals surface area contributed by atoms with Crippen molar-refractivity contribution < 1.29 is 28.7 Å². The number of amides is 5. The number of carbonyl (C=O) groups excluding carboxylic acids is 5. The summed E-state index contributed by atoms with van der Waals surface area (Å²) in [5, 5.41) is 2.23. The summed E-state index contributed by atoms with van der Waals surface area (Å²) >= 11 is 0. The molecule has 4 aliphatic rings. The third kappa shape index (κ3) is 4.22. The number of hydrogen-bond acceptors (Lipinski definition) is 7. The minimum absolute atomic E-state index is 0.0178. The molecular formula is C26H32N4O6. The Morgan fingerprint density at radius 3 is 2.39 bits per heavy atom. The van der Waals surface area contributed by atoms with Crippen LogP contribution in [-0.4, -0.2) is 77.3 Å². The molecule has 0 bridgehead atoms. The SMILES string of the molecule is CC(C)(C)OC(=O)N1CCC2(CCN(c3cccc4c3C(=O)N(C3CCC(=O)NC3=O)C4=O)CC2)C1. The predicted molar refractivity (Wildman–Crippen MR) is 129 cm³/mol. The Bertz CT molecular complexity index is 1150. The number of carbonyl (C=O) groups is 5. The van der Waals surface area contributed by atoms with Crippen LogP contribution in [0, 0.1) is 5.41 Å². The van der Waals surface area contributed by atoms with E-state index in [9.17, 15) is 24.0 Å². The van der Waals surface area contributed by atoms with E-state index in [1.165, 1.54) is 0 Å². The van der Waals surface area contributed by atoms with Crippen LogP contribution in [0.2, 0.25) is 0 Å². The summed E-state index contributed by atoms with van der Waals surface area (Å²) in [7, 11) is 0. The van der Waals surface area contributed by atoms with E-state index < -0.39 is 35.3 Å². The van der Waals surface area contributed by atoms with Crippen molar-refractivity contribution in [3.05, 3.63) is 29.3 Å². The lowest BCUT2D eigenvalue weighted by Gasteiger charge is -2.40. The van der Waals surface area contributed by atoms with Crippen LogP contribution in [-0.2, 0) is 14.3 Å². The highest BCUT2D eigenvalue weighted by molar-refractivity contribution is 6.25. The Labute approximate surface area is 209 Å². The van der Waals surface area contributed by atoms with Crippen molar-refractivity contribution in [2.24, 2.45) is 5.41 Å². The summed E-state index contributed by atoms with van der Waals surface area (Å²) in [5.74, 6) is -1.99. The molecule has 10 heteroatoms. The highest BCUT2D eigenvalue weighted by Gasteiger charge is 2.47. The molecule has 1 aromatic rings. The van der Waals surface area contributed by atoms with Crippen molar-refractivity contribution >= 4 is 35.4 Å². The highest BCUT2D eigenvalue weighted by Crippen LogP contribution is 2.43. The summed E-state index contributed by atoms with van der Waals surface area (Å²) < 4.78 is 5.55. The predicted octanol–water partition coefficient (Wildman–Crippen LogP) is 2.32. The fourth-order valence-electron chi connectivity index (χ4n) is 5.81. The van der Waals surface area contributed by atoms with Crippen LogP contribution in [0.1, 0.15) is 73.6 Å². The summed E-state index contributed by atoms with van der Waals surface area (Å²) in [6.45, 7) is 8.30. The van der Waals surface area contributed by atoms with E-state index in [4.69, 9.17) is 4.74 Å². The molecule has 0 radical (unpaired) electrons. The largest absolute Gasteiger partial charge is 0.444 e. The molecule has 5 amide bonds. The number of benzene rings is 1. The molecule has 4 heterocycles. The van der Waals surface area contributed by atoms with Gasteiger partial charge in [0.1, 0.15) is 11.6 Å². The van der Waals surface area contributed by atoms with Crippen molar-refractivity contribution in [1.29, 1.82) is 0 Å². The lowest BCUT2D eigenvalue weighted by molar-refractivity contribution is -0.136. The second kappa shape index (κ2) is 8.60. The van der Waals surface area contributed by atoms with Gasteiger partial charge in [0.05, 0.1) is 16.8 Å². The zero-order valence-corrected chi connectivity index (χ0v) is 21.0. The molecule has 4 aliphatic heterocycles. The lowest BCUT2D eigenvalue weighted by Crippen LogP contribution is -2.54. The summed E-state index contributed by atoms with van der Waals surface area (Å²) in [5.41, 5.74) is 0.793. The minimum Gasteiger partial charge on any atom is -0.444 e. The third-order valence-corrected chi connectivity index (χ3v) is 7.70. The van der Waals surface area contributed by atoms with Crippen LogP contribution in [0.15, 0.2) is 18.2 Å². The van der Waals surface area contributed by atoms with Gasteiger partial charge in [-0.05, 0) is 64.0 Å². The maximum Gasteiger partial charge on any atom is 0.410 e. The number of likely N-dealkylation sites (tertiary alicyclic amines) is 1. The van der Waals surface area contributed by atoms with Gasteiger partial charge < -0.3 is 14.5 Å². The zero-order valence-electron chi connectivity index (χ0n) is 21.0. The summed E-state index contributed by atoms with van der Waals surface area (Å²) in [6.07, 6.45) is 2.56. The van der Waals surface area contributed by atoms with E-state index in [1.54, 1.807) is 17.0 Å². The van der Waals surface area contributed by atoms with Gasteiger partial charge in [0, 0.05) is 32.6 Å². The van der Waals surface area contributed by atoms with Crippen LogP contribution in [0.3, 0.4) is 0 Å². The molecule has 0 aliphatic carbocycles. The van der Waals surface area contributed by atoms with E-state index in [-0.39, 0.29) is 24.3 Å². The average Bonchev–Trinajstić information content (AvgIpc) is 3.33. The molecule has 0 aromatic heterocycles. The van der Waals surface area contributed by atoms with Gasteiger partial charge in [-0.25, -0.2) is 4.79 Å². The van der Waals surface area contributed by atoms with Crippen LogP contribution in [0.4, 0.5) is 10.5 Å². The molecule has 0 saturated carbocycles. The van der Waals surface area contributed by atoms with Gasteiger partial charge in [0.25, 0.3) is 11.8 Å². The molecular weight excluding hydrogens is 464 g/mol. The number of rotatable bonds is 2. The number of piperidine rings is 2. The van der Waals surface area contributed by atoms with Gasteiger partial charge in [0.15, 0.2) is 0 Å². The van der Waals surface area contributed by atoms with Gasteiger partial charge >= 0.3 is 6.09 Å². The van der Waals surface area contributed by atoms with Crippen molar-refractivity contribution in [2.45, 2.75) is 64.5 Å². The number of fused-ring (bicyclic) bond motifs is 1. The number of ether oxygens (including phenoxy) is 1. The molecule has 1 N–H and O–H groups in total. The van der Waals surface area contributed by atoms with Crippen LogP contribution < -0.4 is 10.2 Å². The van der Waals surface area contributed by atoms with Gasteiger partial charge in [-0.15, -0.1) is 0 Å². The number of imide groups is 2. The molecule has 3 saturated heterocycles. The zero-order chi connectivity index (χ0) is 25.8. The Morgan fingerprint density at radius 1 is 1.03 bits per heavy atom. The van der Waals surface area contributed by atoms with E-state index in [2.05, 4.69) is 10.2 Å².